The quantitative estimate of drug-likeness (QED) is 0.331. The van der Waals surface area contributed by atoms with Gasteiger partial charge in [0.2, 0.25) is 0 Å². The maximum Gasteiger partial charge on any atom is 0.260 e. The molecule has 1 N–H and O–H groups in total. The van der Waals surface area contributed by atoms with Gasteiger partial charge < -0.3 is 9.88 Å². The topological polar surface area (TPSA) is 66.1 Å². The molecule has 0 saturated carbocycles. The number of allylic oxidation sites excluding steroid dienone is 1. The van der Waals surface area contributed by atoms with Gasteiger partial charge in [-0.15, -0.1) is 0 Å². The van der Waals surface area contributed by atoms with Gasteiger partial charge in [-0.2, -0.15) is 0 Å². The summed E-state index contributed by atoms with van der Waals surface area (Å²) in [5.41, 5.74) is 2.63. The van der Waals surface area contributed by atoms with Gasteiger partial charge in [-0.3, -0.25) is 14.6 Å². The summed E-state index contributed by atoms with van der Waals surface area (Å²) >= 11 is 6.23. The van der Waals surface area contributed by atoms with Crippen molar-refractivity contribution < 1.29 is 9.18 Å². The Morgan fingerprint density at radius 3 is 2.53 bits per heavy atom. The van der Waals surface area contributed by atoms with Crippen LogP contribution in [0.2, 0.25) is 5.02 Å². The molecule has 0 amide bonds. The number of hydrogen-bond acceptors (Lipinski definition) is 4. The molecule has 4 rings (SSSR count). The summed E-state index contributed by atoms with van der Waals surface area (Å²) in [5, 5.41) is 1.13. The molecular formula is C25H19ClFN3O2. The fourth-order valence-corrected chi connectivity index (χ4v) is 3.67. The van der Waals surface area contributed by atoms with Crippen LogP contribution in [-0.4, -0.2) is 29.8 Å². The van der Waals surface area contributed by atoms with Crippen LogP contribution in [-0.2, 0) is 0 Å². The van der Waals surface area contributed by atoms with Crippen LogP contribution < -0.4 is 10.5 Å². The van der Waals surface area contributed by atoms with Crippen molar-refractivity contribution in [3.8, 4) is 11.1 Å². The van der Waals surface area contributed by atoms with E-state index in [1.165, 1.54) is 24.4 Å². The number of nitrogens with zero attached hydrogens (tertiary/aromatic N) is 2. The average molecular weight is 448 g/mol. The first kappa shape index (κ1) is 21.5. The van der Waals surface area contributed by atoms with Gasteiger partial charge in [-0.25, -0.2) is 4.39 Å². The summed E-state index contributed by atoms with van der Waals surface area (Å²) < 4.78 is 13.4. The van der Waals surface area contributed by atoms with Gasteiger partial charge in [0.1, 0.15) is 5.82 Å². The highest BCUT2D eigenvalue weighted by molar-refractivity contribution is 6.31. The molecule has 5 nitrogen and oxygen atoms in total. The number of nitrogens with one attached hydrogen (secondary N) is 1. The van der Waals surface area contributed by atoms with E-state index in [2.05, 4.69) is 9.97 Å². The molecule has 2 heterocycles. The molecule has 0 aliphatic heterocycles. The van der Waals surface area contributed by atoms with Crippen molar-refractivity contribution in [2.24, 2.45) is 0 Å². The molecule has 0 aliphatic carbocycles. The lowest BCUT2D eigenvalue weighted by Gasteiger charge is -2.15. The third kappa shape index (κ3) is 4.31. The summed E-state index contributed by atoms with van der Waals surface area (Å²) in [6.45, 7) is 0. The largest absolute Gasteiger partial charge is 0.378 e. The fourth-order valence-electron chi connectivity index (χ4n) is 3.50. The zero-order valence-electron chi connectivity index (χ0n) is 17.4. The van der Waals surface area contributed by atoms with Crippen molar-refractivity contribution in [1.82, 2.24) is 9.97 Å². The van der Waals surface area contributed by atoms with Gasteiger partial charge in [0, 0.05) is 47.5 Å². The molecule has 2 aromatic carbocycles. The zero-order chi connectivity index (χ0) is 22.8. The number of aromatic nitrogens is 2. The number of benzene rings is 2. The minimum absolute atomic E-state index is 0.0158. The van der Waals surface area contributed by atoms with Crippen molar-refractivity contribution in [1.29, 1.82) is 0 Å². The first-order chi connectivity index (χ1) is 15.3. The number of H-pyrrole nitrogens is 1. The highest BCUT2D eigenvalue weighted by Gasteiger charge is 2.19. The lowest BCUT2D eigenvalue weighted by atomic mass is 9.93. The zero-order valence-corrected chi connectivity index (χ0v) is 18.2. The summed E-state index contributed by atoms with van der Waals surface area (Å²) in [6.07, 6.45) is 5.18. The van der Waals surface area contributed by atoms with E-state index >= 15 is 0 Å². The third-order valence-corrected chi connectivity index (χ3v) is 5.28. The van der Waals surface area contributed by atoms with E-state index in [0.717, 1.165) is 11.9 Å². The summed E-state index contributed by atoms with van der Waals surface area (Å²) in [4.78, 5) is 34.6. The molecule has 7 heteroatoms. The van der Waals surface area contributed by atoms with Crippen LogP contribution in [0.5, 0.6) is 0 Å². The number of carbonyl (C=O) groups excluding carboxylic acids is 1. The Balaban J connectivity index is 1.91. The molecule has 0 spiro atoms. The second kappa shape index (κ2) is 8.77. The molecule has 0 aliphatic rings. The number of rotatable bonds is 5. The van der Waals surface area contributed by atoms with Crippen LogP contribution in [0.3, 0.4) is 0 Å². The first-order valence-corrected chi connectivity index (χ1v) is 10.2. The maximum absolute atomic E-state index is 13.4. The Morgan fingerprint density at radius 2 is 1.84 bits per heavy atom. The SMILES string of the molecule is CN(C)c1ccc(-c2c(C(=O)/C=C/c3cncc(F)c3)c(=O)[nH]c3ccc(Cl)cc23)cc1. The highest BCUT2D eigenvalue weighted by atomic mass is 35.5. The molecule has 32 heavy (non-hydrogen) atoms. The molecular weight excluding hydrogens is 429 g/mol. The van der Waals surface area contributed by atoms with Crippen LogP contribution in [0.25, 0.3) is 28.1 Å². The standard InChI is InChI=1S/C25H19ClFN3O2/c1-30(2)19-7-4-16(5-8-19)23-20-12-17(26)6-9-21(20)29-25(32)24(23)22(31)10-3-15-11-18(27)14-28-13-15/h3-14H,1-2H3,(H,29,32)/b10-3+. The van der Waals surface area contributed by atoms with E-state index in [-0.39, 0.29) is 5.56 Å². The van der Waals surface area contributed by atoms with Gasteiger partial charge in [0.05, 0.1) is 11.8 Å². The summed E-state index contributed by atoms with van der Waals surface area (Å²) in [5.74, 6) is -1.02. The Bertz CT molecular complexity index is 1410. The Morgan fingerprint density at radius 1 is 1.09 bits per heavy atom. The molecule has 160 valence electrons. The Labute approximate surface area is 188 Å². The van der Waals surface area contributed by atoms with Crippen LogP contribution >= 0.6 is 11.6 Å². The lowest BCUT2D eigenvalue weighted by molar-refractivity contribution is 0.104. The van der Waals surface area contributed by atoms with Gasteiger partial charge in [0.25, 0.3) is 5.56 Å². The number of anilines is 1. The number of hydrogen-bond donors (Lipinski definition) is 1. The molecule has 0 radical (unpaired) electrons. The van der Waals surface area contributed by atoms with Gasteiger partial charge in [0.15, 0.2) is 5.78 Å². The van der Waals surface area contributed by atoms with Crippen LogP contribution in [0, 0.1) is 5.82 Å². The van der Waals surface area contributed by atoms with Crippen molar-refractivity contribution in [2.75, 3.05) is 19.0 Å². The molecule has 2 aromatic heterocycles. The van der Waals surface area contributed by atoms with Gasteiger partial charge in [-0.1, -0.05) is 23.7 Å². The third-order valence-electron chi connectivity index (χ3n) is 5.05. The van der Waals surface area contributed by atoms with Crippen molar-refractivity contribution in [3.63, 3.8) is 0 Å². The molecule has 0 bridgehead atoms. The fraction of sp³-hybridized carbons (Fsp3) is 0.0800. The van der Waals surface area contributed by atoms with Gasteiger partial charge >= 0.3 is 0 Å². The number of pyridine rings is 2. The monoisotopic (exact) mass is 447 g/mol. The second-order valence-corrected chi connectivity index (χ2v) is 7.91. The average Bonchev–Trinajstić information content (AvgIpc) is 2.77. The van der Waals surface area contributed by atoms with E-state index in [4.69, 9.17) is 11.6 Å². The molecule has 0 atom stereocenters. The van der Waals surface area contributed by atoms with Crippen LogP contribution in [0.15, 0.2) is 71.8 Å². The smallest absolute Gasteiger partial charge is 0.260 e. The number of fused-ring (bicyclic) bond motifs is 1. The van der Waals surface area contributed by atoms with E-state index < -0.39 is 17.2 Å². The molecule has 0 saturated heterocycles. The van der Waals surface area contributed by atoms with Crippen molar-refractivity contribution in [2.45, 2.75) is 0 Å². The number of halogens is 2. The number of ketones is 1. The van der Waals surface area contributed by atoms with Crippen molar-refractivity contribution in [3.05, 3.63) is 99.3 Å². The molecule has 4 aromatic rings. The Kier molecular flexibility index (Phi) is 5.88. The normalized spacial score (nSPS) is 11.2. The maximum atomic E-state index is 13.4. The summed E-state index contributed by atoms with van der Waals surface area (Å²) in [6, 6.07) is 13.9. The molecule has 0 fully saturated rings. The number of carbonyl (C=O) groups is 1. The van der Waals surface area contributed by atoms with Crippen LogP contribution in [0.4, 0.5) is 10.1 Å². The van der Waals surface area contributed by atoms with E-state index in [9.17, 15) is 14.0 Å². The Hall–Kier alpha value is -3.77. The summed E-state index contributed by atoms with van der Waals surface area (Å²) in [7, 11) is 3.86. The van der Waals surface area contributed by atoms with E-state index in [1.54, 1.807) is 18.2 Å². The highest BCUT2D eigenvalue weighted by Crippen LogP contribution is 2.32. The number of aromatic amines is 1. The van der Waals surface area contributed by atoms with Crippen LogP contribution in [0.1, 0.15) is 15.9 Å². The van der Waals surface area contributed by atoms with E-state index in [1.807, 2.05) is 43.3 Å². The first-order valence-electron chi connectivity index (χ1n) is 9.80. The van der Waals surface area contributed by atoms with Gasteiger partial charge in [-0.05, 0) is 59.7 Å². The minimum Gasteiger partial charge on any atom is -0.378 e. The van der Waals surface area contributed by atoms with Crippen molar-refractivity contribution >= 4 is 40.1 Å². The predicted octanol–water partition coefficient (Wildman–Crippen LogP) is 5.34. The second-order valence-electron chi connectivity index (χ2n) is 7.47. The minimum atomic E-state index is -0.515. The molecule has 0 unspecified atom stereocenters. The van der Waals surface area contributed by atoms with E-state index in [0.29, 0.717) is 32.6 Å². The lowest BCUT2D eigenvalue weighted by Crippen LogP contribution is -2.18. The predicted molar refractivity (Wildman–Crippen MR) is 127 cm³/mol.